The van der Waals surface area contributed by atoms with Gasteiger partial charge in [0, 0.05) is 30.7 Å². The second-order valence-electron chi connectivity index (χ2n) is 8.84. The molecule has 1 saturated heterocycles. The normalized spacial score (nSPS) is 15.5. The van der Waals surface area contributed by atoms with Crippen molar-refractivity contribution in [1.82, 2.24) is 5.32 Å². The molecule has 3 aromatic carbocycles. The second-order valence-corrected chi connectivity index (χ2v) is 10.5. The van der Waals surface area contributed by atoms with Gasteiger partial charge in [-0.1, -0.05) is 54.6 Å². The molecular weight excluding hydrogens is 448 g/mol. The van der Waals surface area contributed by atoms with Gasteiger partial charge in [0.25, 0.3) is 15.9 Å². The summed E-state index contributed by atoms with van der Waals surface area (Å²) in [5, 5.41) is 3.06. The van der Waals surface area contributed by atoms with E-state index in [1.54, 1.807) is 31.2 Å². The molecule has 7 heteroatoms. The summed E-state index contributed by atoms with van der Waals surface area (Å²) in [5.41, 5.74) is 3.18. The third-order valence-electron chi connectivity index (χ3n) is 6.55. The lowest BCUT2D eigenvalue weighted by Gasteiger charge is -2.38. The Hall–Kier alpha value is -3.16. The van der Waals surface area contributed by atoms with Gasteiger partial charge < -0.3 is 10.1 Å². The smallest absolute Gasteiger partial charge is 0.262 e. The zero-order chi connectivity index (χ0) is 24.2. The molecule has 0 atom stereocenters. The average molecular weight is 479 g/mol. The zero-order valence-electron chi connectivity index (χ0n) is 19.5. The molecule has 1 fully saturated rings. The van der Waals surface area contributed by atoms with Gasteiger partial charge in [0.2, 0.25) is 0 Å². The number of amides is 1. The van der Waals surface area contributed by atoms with Crippen LogP contribution in [0.1, 0.15) is 39.9 Å². The number of hydrogen-bond acceptors (Lipinski definition) is 4. The first-order valence-corrected chi connectivity index (χ1v) is 12.9. The van der Waals surface area contributed by atoms with Crippen LogP contribution in [0.3, 0.4) is 0 Å². The lowest BCUT2D eigenvalue weighted by Crippen LogP contribution is -2.44. The van der Waals surface area contributed by atoms with Gasteiger partial charge in [-0.05, 0) is 61.6 Å². The molecule has 6 nitrogen and oxygen atoms in total. The Morgan fingerprint density at radius 1 is 0.912 bits per heavy atom. The van der Waals surface area contributed by atoms with Crippen LogP contribution in [-0.2, 0) is 20.2 Å². The molecule has 0 spiro atoms. The molecule has 0 saturated carbocycles. The number of rotatable bonds is 7. The fourth-order valence-electron chi connectivity index (χ4n) is 4.39. The molecule has 0 radical (unpaired) electrons. The number of anilines is 1. The summed E-state index contributed by atoms with van der Waals surface area (Å²) in [6, 6.07) is 22.1. The number of hydrogen-bond donors (Lipinski definition) is 2. The van der Waals surface area contributed by atoms with Crippen LogP contribution in [0.2, 0.25) is 0 Å². The predicted octanol–water partition coefficient (Wildman–Crippen LogP) is 4.58. The molecular formula is C27H30N2O4S. The monoisotopic (exact) mass is 478 g/mol. The lowest BCUT2D eigenvalue weighted by atomic mass is 9.74. The molecule has 1 aliphatic heterocycles. The largest absolute Gasteiger partial charge is 0.381 e. The summed E-state index contributed by atoms with van der Waals surface area (Å²) in [6.07, 6.45) is 1.62. The van der Waals surface area contributed by atoms with Crippen molar-refractivity contribution < 1.29 is 17.9 Å². The summed E-state index contributed by atoms with van der Waals surface area (Å²) >= 11 is 0. The van der Waals surface area contributed by atoms with E-state index in [0.717, 1.165) is 18.4 Å². The van der Waals surface area contributed by atoms with Crippen molar-refractivity contribution in [3.63, 3.8) is 0 Å². The van der Waals surface area contributed by atoms with E-state index >= 15 is 0 Å². The molecule has 1 aliphatic rings. The van der Waals surface area contributed by atoms with E-state index in [2.05, 4.69) is 22.2 Å². The number of para-hydroxylation sites is 1. The van der Waals surface area contributed by atoms with Gasteiger partial charge in [0.1, 0.15) is 0 Å². The molecule has 178 valence electrons. The van der Waals surface area contributed by atoms with Crippen LogP contribution in [-0.4, -0.2) is 34.1 Å². The van der Waals surface area contributed by atoms with Crippen molar-refractivity contribution in [2.45, 2.75) is 37.0 Å². The van der Waals surface area contributed by atoms with Crippen molar-refractivity contribution in [2.24, 2.45) is 0 Å². The van der Waals surface area contributed by atoms with E-state index in [0.29, 0.717) is 36.6 Å². The fraction of sp³-hybridized carbons (Fsp3) is 0.296. The van der Waals surface area contributed by atoms with Crippen LogP contribution in [0.5, 0.6) is 0 Å². The van der Waals surface area contributed by atoms with E-state index < -0.39 is 10.0 Å². The van der Waals surface area contributed by atoms with E-state index in [-0.39, 0.29) is 16.2 Å². The van der Waals surface area contributed by atoms with Crippen molar-refractivity contribution in [1.29, 1.82) is 0 Å². The summed E-state index contributed by atoms with van der Waals surface area (Å²) in [5.74, 6) is -0.297. The number of ether oxygens (including phenoxy) is 1. The quantitative estimate of drug-likeness (QED) is 0.521. The average Bonchev–Trinajstić information content (AvgIpc) is 2.85. The summed E-state index contributed by atoms with van der Waals surface area (Å²) in [7, 11) is -3.86. The molecule has 4 rings (SSSR count). The maximum absolute atomic E-state index is 13.1. The highest BCUT2D eigenvalue weighted by Crippen LogP contribution is 2.34. The summed E-state index contributed by atoms with van der Waals surface area (Å²) < 4.78 is 34.5. The van der Waals surface area contributed by atoms with Crippen molar-refractivity contribution in [3.8, 4) is 0 Å². The van der Waals surface area contributed by atoms with Crippen molar-refractivity contribution in [2.75, 3.05) is 24.5 Å². The first kappa shape index (κ1) is 24.0. The van der Waals surface area contributed by atoms with Gasteiger partial charge in [0.05, 0.1) is 10.6 Å². The minimum absolute atomic E-state index is 0.0900. The van der Waals surface area contributed by atoms with Gasteiger partial charge in [-0.3, -0.25) is 9.52 Å². The highest BCUT2D eigenvalue weighted by atomic mass is 32.2. The van der Waals surface area contributed by atoms with E-state index in [9.17, 15) is 13.2 Å². The van der Waals surface area contributed by atoms with Gasteiger partial charge >= 0.3 is 0 Å². The molecule has 0 aliphatic carbocycles. The Morgan fingerprint density at radius 2 is 1.59 bits per heavy atom. The third kappa shape index (κ3) is 5.16. The van der Waals surface area contributed by atoms with E-state index in [1.807, 2.05) is 37.3 Å². The molecule has 0 aromatic heterocycles. The summed E-state index contributed by atoms with van der Waals surface area (Å²) in [6.45, 7) is 5.30. The van der Waals surface area contributed by atoms with Crippen LogP contribution in [0.25, 0.3) is 0 Å². The fourth-order valence-corrected chi connectivity index (χ4v) is 5.79. The van der Waals surface area contributed by atoms with Crippen LogP contribution >= 0.6 is 0 Å². The SMILES string of the molecule is Cc1ccccc1NS(=O)(=O)c1cc(C(=O)NCC2(c3ccccc3)CCOCC2)ccc1C. The summed E-state index contributed by atoms with van der Waals surface area (Å²) in [4.78, 5) is 13.2. The van der Waals surface area contributed by atoms with Crippen LogP contribution in [0, 0.1) is 13.8 Å². The van der Waals surface area contributed by atoms with Gasteiger partial charge in [-0.2, -0.15) is 0 Å². The molecule has 34 heavy (non-hydrogen) atoms. The Kier molecular flexibility index (Phi) is 7.05. The number of sulfonamides is 1. The number of carbonyl (C=O) groups is 1. The van der Waals surface area contributed by atoms with Gasteiger partial charge in [-0.25, -0.2) is 8.42 Å². The highest BCUT2D eigenvalue weighted by molar-refractivity contribution is 7.92. The van der Waals surface area contributed by atoms with Crippen LogP contribution in [0.15, 0.2) is 77.7 Å². The second kappa shape index (κ2) is 9.99. The Labute approximate surface area is 201 Å². The first-order chi connectivity index (χ1) is 16.3. The molecule has 3 aromatic rings. The van der Waals surface area contributed by atoms with Crippen LogP contribution in [0.4, 0.5) is 5.69 Å². The first-order valence-electron chi connectivity index (χ1n) is 11.4. The van der Waals surface area contributed by atoms with Crippen molar-refractivity contribution in [3.05, 3.63) is 95.1 Å². The topological polar surface area (TPSA) is 84.5 Å². The van der Waals surface area contributed by atoms with Gasteiger partial charge in [0.15, 0.2) is 0 Å². The minimum Gasteiger partial charge on any atom is -0.381 e. The molecule has 1 amide bonds. The van der Waals surface area contributed by atoms with E-state index in [1.165, 1.54) is 11.6 Å². The zero-order valence-corrected chi connectivity index (χ0v) is 20.3. The standard InChI is InChI=1S/C27H30N2O4S/c1-20-8-6-7-11-24(20)29-34(31,32)25-18-22(13-12-21(25)2)26(30)28-19-27(14-16-33-17-15-27)23-9-4-3-5-10-23/h3-13,18,29H,14-17,19H2,1-2H3,(H,28,30). The number of aryl methyl sites for hydroxylation is 2. The Balaban J connectivity index is 1.55. The number of carbonyl (C=O) groups excluding carboxylic acids is 1. The maximum atomic E-state index is 13.1. The Bertz CT molecular complexity index is 1270. The third-order valence-corrected chi connectivity index (χ3v) is 8.06. The predicted molar refractivity (Wildman–Crippen MR) is 134 cm³/mol. The molecule has 1 heterocycles. The number of benzene rings is 3. The number of nitrogens with one attached hydrogen (secondary N) is 2. The lowest BCUT2D eigenvalue weighted by molar-refractivity contribution is 0.0487. The molecule has 0 unspecified atom stereocenters. The van der Waals surface area contributed by atoms with Crippen LogP contribution < -0.4 is 10.0 Å². The molecule has 2 N–H and O–H groups in total. The highest BCUT2D eigenvalue weighted by Gasteiger charge is 2.35. The molecule has 0 bridgehead atoms. The minimum atomic E-state index is -3.86. The van der Waals surface area contributed by atoms with E-state index in [4.69, 9.17) is 4.74 Å². The van der Waals surface area contributed by atoms with Crippen molar-refractivity contribution >= 4 is 21.6 Å². The maximum Gasteiger partial charge on any atom is 0.262 e. The van der Waals surface area contributed by atoms with Gasteiger partial charge in [-0.15, -0.1) is 0 Å². The Morgan fingerprint density at radius 3 is 2.29 bits per heavy atom.